The lowest BCUT2D eigenvalue weighted by atomic mass is 9.88. The second kappa shape index (κ2) is 7.19. The highest BCUT2D eigenvalue weighted by Crippen LogP contribution is 2.35. The van der Waals surface area contributed by atoms with E-state index < -0.39 is 10.0 Å². The average Bonchev–Trinajstić information content (AvgIpc) is 2.69. The molecule has 1 fully saturated rings. The zero-order valence-corrected chi connectivity index (χ0v) is 16.3. The summed E-state index contributed by atoms with van der Waals surface area (Å²) >= 11 is 0. The molecule has 0 N–H and O–H groups in total. The molecule has 0 saturated carbocycles. The zero-order valence-electron chi connectivity index (χ0n) is 15.5. The molecule has 5 nitrogen and oxygen atoms in total. The Bertz CT molecular complexity index is 946. The second-order valence-electron chi connectivity index (χ2n) is 7.33. The van der Waals surface area contributed by atoms with Crippen LogP contribution in [0, 0.1) is 0 Å². The monoisotopic (exact) mass is 384 g/mol. The lowest BCUT2D eigenvalue weighted by Crippen LogP contribution is -2.48. The number of pyridine rings is 1. The van der Waals surface area contributed by atoms with Crippen molar-refractivity contribution >= 4 is 10.0 Å². The van der Waals surface area contributed by atoms with Gasteiger partial charge in [0.05, 0.1) is 17.1 Å². The normalized spacial score (nSPS) is 20.4. The fraction of sp³-hybridized carbons (Fsp3) is 0.381. The van der Waals surface area contributed by atoms with Crippen LogP contribution in [-0.2, 0) is 14.8 Å². The standard InChI is InChI=1S/C21H24N2O3S/c1-17-7-13-26-21(15-17)8-11-23(12-9-21)27(24,25)20-6-2-4-18(14-20)19-5-3-10-22-16-19/h2-6,10,14-16H,7-9,11-13H2,1H3. The number of ether oxygens (including phenoxy) is 1. The van der Waals surface area contributed by atoms with Gasteiger partial charge in [-0.3, -0.25) is 4.98 Å². The Morgan fingerprint density at radius 1 is 1.11 bits per heavy atom. The number of hydrogen-bond acceptors (Lipinski definition) is 4. The van der Waals surface area contributed by atoms with E-state index in [4.69, 9.17) is 4.74 Å². The highest BCUT2D eigenvalue weighted by Gasteiger charge is 2.39. The molecule has 1 saturated heterocycles. The molecule has 2 aliphatic rings. The van der Waals surface area contributed by atoms with Gasteiger partial charge in [0.1, 0.15) is 0 Å². The van der Waals surface area contributed by atoms with E-state index in [0.717, 1.165) is 24.2 Å². The van der Waals surface area contributed by atoms with Gasteiger partial charge < -0.3 is 4.74 Å². The van der Waals surface area contributed by atoms with Crippen LogP contribution in [0.3, 0.4) is 0 Å². The SMILES string of the molecule is CC1=CC2(CCN(S(=O)(=O)c3cccc(-c4cccnc4)c3)CC2)OCC1. The van der Waals surface area contributed by atoms with Gasteiger partial charge in [-0.2, -0.15) is 4.31 Å². The van der Waals surface area contributed by atoms with Crippen molar-refractivity contribution in [3.8, 4) is 11.1 Å². The van der Waals surface area contributed by atoms with Gasteiger partial charge in [0.2, 0.25) is 10.0 Å². The number of rotatable bonds is 3. The van der Waals surface area contributed by atoms with Gasteiger partial charge in [-0.1, -0.05) is 29.8 Å². The fourth-order valence-corrected chi connectivity index (χ4v) is 5.38. The van der Waals surface area contributed by atoms with Crippen molar-refractivity contribution in [1.82, 2.24) is 9.29 Å². The van der Waals surface area contributed by atoms with Crippen molar-refractivity contribution < 1.29 is 13.2 Å². The molecule has 0 atom stereocenters. The first-order valence-electron chi connectivity index (χ1n) is 9.32. The Labute approximate surface area is 160 Å². The Morgan fingerprint density at radius 2 is 1.89 bits per heavy atom. The van der Waals surface area contributed by atoms with Crippen LogP contribution in [0.4, 0.5) is 0 Å². The van der Waals surface area contributed by atoms with Gasteiger partial charge in [-0.15, -0.1) is 0 Å². The van der Waals surface area contributed by atoms with Gasteiger partial charge in [-0.25, -0.2) is 8.42 Å². The topological polar surface area (TPSA) is 59.5 Å². The quantitative estimate of drug-likeness (QED) is 0.758. The van der Waals surface area contributed by atoms with Gasteiger partial charge in [0.25, 0.3) is 0 Å². The summed E-state index contributed by atoms with van der Waals surface area (Å²) in [5.74, 6) is 0. The smallest absolute Gasteiger partial charge is 0.243 e. The van der Waals surface area contributed by atoms with Gasteiger partial charge in [0, 0.05) is 31.0 Å². The molecule has 0 radical (unpaired) electrons. The summed E-state index contributed by atoms with van der Waals surface area (Å²) in [4.78, 5) is 4.45. The van der Waals surface area contributed by atoms with Crippen LogP contribution in [0.5, 0.6) is 0 Å². The largest absolute Gasteiger partial charge is 0.370 e. The first-order chi connectivity index (χ1) is 13.0. The average molecular weight is 385 g/mol. The van der Waals surface area contributed by atoms with E-state index in [1.165, 1.54) is 5.57 Å². The first kappa shape index (κ1) is 18.3. The van der Waals surface area contributed by atoms with E-state index in [0.29, 0.717) is 30.8 Å². The second-order valence-corrected chi connectivity index (χ2v) is 9.27. The molecule has 142 valence electrons. The molecule has 2 aromatic rings. The minimum absolute atomic E-state index is 0.286. The molecular weight excluding hydrogens is 360 g/mol. The summed E-state index contributed by atoms with van der Waals surface area (Å²) < 4.78 is 33.9. The maximum absolute atomic E-state index is 13.2. The van der Waals surface area contributed by atoms with Gasteiger partial charge >= 0.3 is 0 Å². The summed E-state index contributed by atoms with van der Waals surface area (Å²) in [6.45, 7) is 3.80. The van der Waals surface area contributed by atoms with Crippen LogP contribution in [0.25, 0.3) is 11.1 Å². The minimum Gasteiger partial charge on any atom is -0.370 e. The van der Waals surface area contributed by atoms with E-state index in [9.17, 15) is 8.42 Å². The molecule has 27 heavy (non-hydrogen) atoms. The zero-order chi connectivity index (χ0) is 18.9. The third-order valence-corrected chi connectivity index (χ3v) is 7.33. The number of hydrogen-bond donors (Lipinski definition) is 0. The maximum atomic E-state index is 13.2. The van der Waals surface area contributed by atoms with Crippen molar-refractivity contribution in [3.05, 3.63) is 60.4 Å². The molecule has 2 aliphatic heterocycles. The van der Waals surface area contributed by atoms with E-state index in [1.54, 1.807) is 34.9 Å². The molecule has 1 spiro atoms. The summed E-state index contributed by atoms with van der Waals surface area (Å²) in [6.07, 6.45) is 8.01. The van der Waals surface area contributed by atoms with Crippen LogP contribution < -0.4 is 0 Å². The van der Waals surface area contributed by atoms with Crippen molar-refractivity contribution in [2.24, 2.45) is 0 Å². The number of piperidine rings is 1. The Kier molecular flexibility index (Phi) is 4.88. The Morgan fingerprint density at radius 3 is 2.59 bits per heavy atom. The molecule has 0 unspecified atom stereocenters. The molecule has 0 amide bonds. The molecule has 6 heteroatoms. The molecule has 1 aromatic carbocycles. The van der Waals surface area contributed by atoms with E-state index in [-0.39, 0.29) is 5.60 Å². The molecule has 3 heterocycles. The number of sulfonamides is 1. The van der Waals surface area contributed by atoms with Gasteiger partial charge in [0.15, 0.2) is 0 Å². The summed E-state index contributed by atoms with van der Waals surface area (Å²) in [5, 5.41) is 0. The van der Waals surface area contributed by atoms with Crippen LogP contribution in [-0.4, -0.2) is 43.0 Å². The number of benzene rings is 1. The lowest BCUT2D eigenvalue weighted by Gasteiger charge is -2.41. The molecule has 1 aromatic heterocycles. The fourth-order valence-electron chi connectivity index (χ4n) is 3.89. The highest BCUT2D eigenvalue weighted by atomic mass is 32.2. The molecular formula is C21H24N2O3S. The summed E-state index contributed by atoms with van der Waals surface area (Å²) in [6, 6.07) is 10.9. The summed E-state index contributed by atoms with van der Waals surface area (Å²) in [7, 11) is -3.52. The Hall–Kier alpha value is -2.02. The number of nitrogens with zero attached hydrogens (tertiary/aromatic N) is 2. The van der Waals surface area contributed by atoms with E-state index in [2.05, 4.69) is 18.0 Å². The summed E-state index contributed by atoms with van der Waals surface area (Å²) in [5.41, 5.74) is 2.81. The number of aromatic nitrogens is 1. The van der Waals surface area contributed by atoms with Crippen molar-refractivity contribution in [2.45, 2.75) is 36.7 Å². The molecule has 4 rings (SSSR count). The third-order valence-electron chi connectivity index (χ3n) is 5.43. The van der Waals surface area contributed by atoms with Crippen molar-refractivity contribution in [1.29, 1.82) is 0 Å². The predicted octanol–water partition coefficient (Wildman–Crippen LogP) is 3.64. The first-order valence-corrected chi connectivity index (χ1v) is 10.8. The van der Waals surface area contributed by atoms with Crippen molar-refractivity contribution in [3.63, 3.8) is 0 Å². The maximum Gasteiger partial charge on any atom is 0.243 e. The Balaban J connectivity index is 1.55. The molecule has 0 aliphatic carbocycles. The van der Waals surface area contributed by atoms with Gasteiger partial charge in [-0.05, 0) is 49.9 Å². The third kappa shape index (κ3) is 3.70. The van der Waals surface area contributed by atoms with Crippen molar-refractivity contribution in [2.75, 3.05) is 19.7 Å². The van der Waals surface area contributed by atoms with E-state index >= 15 is 0 Å². The minimum atomic E-state index is -3.52. The molecule has 0 bridgehead atoms. The van der Waals surface area contributed by atoms with Crippen LogP contribution in [0.15, 0.2) is 65.3 Å². The van der Waals surface area contributed by atoms with Crippen LogP contribution >= 0.6 is 0 Å². The predicted molar refractivity (Wildman–Crippen MR) is 105 cm³/mol. The van der Waals surface area contributed by atoms with Crippen LogP contribution in [0.2, 0.25) is 0 Å². The van der Waals surface area contributed by atoms with E-state index in [1.807, 2.05) is 18.2 Å². The lowest BCUT2D eigenvalue weighted by molar-refractivity contribution is -0.0462. The van der Waals surface area contributed by atoms with Crippen LogP contribution in [0.1, 0.15) is 26.2 Å². The highest BCUT2D eigenvalue weighted by molar-refractivity contribution is 7.89.